The van der Waals surface area contributed by atoms with Crippen LogP contribution in [-0.2, 0) is 12.0 Å². The van der Waals surface area contributed by atoms with Crippen LogP contribution in [0.15, 0.2) is 18.2 Å². The lowest BCUT2D eigenvalue weighted by Gasteiger charge is -2.26. The molecule has 3 heteroatoms. The minimum Gasteiger partial charge on any atom is -0.394 e. The van der Waals surface area contributed by atoms with Crippen LogP contribution in [-0.4, -0.2) is 11.7 Å². The zero-order chi connectivity index (χ0) is 10.8. The Morgan fingerprint density at radius 1 is 1.50 bits per heavy atom. The quantitative estimate of drug-likeness (QED) is 0.808. The number of aliphatic hydroxyl groups excluding tert-OH is 1. The second-order valence-electron chi connectivity index (χ2n) is 3.70. The van der Waals surface area contributed by atoms with E-state index in [0.29, 0.717) is 5.02 Å². The van der Waals surface area contributed by atoms with Crippen LogP contribution in [0.5, 0.6) is 0 Å². The molecule has 0 radical (unpaired) electrons. The number of aryl methyl sites for hydroxylation is 1. The van der Waals surface area contributed by atoms with Crippen LogP contribution < -0.4 is 5.73 Å². The van der Waals surface area contributed by atoms with Gasteiger partial charge in [-0.05, 0) is 30.5 Å². The maximum atomic E-state index is 9.21. The topological polar surface area (TPSA) is 46.2 Å². The first-order chi connectivity index (χ1) is 6.53. The Kier molecular flexibility index (Phi) is 3.53. The van der Waals surface area contributed by atoms with Crippen LogP contribution >= 0.6 is 11.6 Å². The first kappa shape index (κ1) is 11.5. The van der Waals surface area contributed by atoms with E-state index in [2.05, 4.69) is 0 Å². The molecule has 3 N–H and O–H groups in total. The Labute approximate surface area is 89.7 Å². The Morgan fingerprint density at radius 2 is 2.14 bits per heavy atom. The number of aliphatic hydroxyl groups is 1. The summed E-state index contributed by atoms with van der Waals surface area (Å²) >= 11 is 6.08. The van der Waals surface area contributed by atoms with Gasteiger partial charge in [-0.15, -0.1) is 0 Å². The van der Waals surface area contributed by atoms with Crippen molar-refractivity contribution in [3.8, 4) is 0 Å². The van der Waals surface area contributed by atoms with Gasteiger partial charge in [0.25, 0.3) is 0 Å². The average Bonchev–Trinajstić information content (AvgIpc) is 2.17. The average molecular weight is 214 g/mol. The molecular weight excluding hydrogens is 198 g/mol. The third kappa shape index (κ3) is 2.08. The largest absolute Gasteiger partial charge is 0.394 e. The highest BCUT2D eigenvalue weighted by Crippen LogP contribution is 2.29. The molecule has 2 nitrogen and oxygen atoms in total. The lowest BCUT2D eigenvalue weighted by atomic mass is 9.89. The third-order valence-corrected chi connectivity index (χ3v) is 2.70. The minimum absolute atomic E-state index is 0.107. The van der Waals surface area contributed by atoms with E-state index in [1.807, 2.05) is 19.1 Å². The molecule has 0 amide bonds. The highest BCUT2D eigenvalue weighted by atomic mass is 35.5. The van der Waals surface area contributed by atoms with Crippen LogP contribution in [0.2, 0.25) is 5.02 Å². The van der Waals surface area contributed by atoms with Gasteiger partial charge in [-0.2, -0.15) is 0 Å². The number of hydrogen-bond acceptors (Lipinski definition) is 2. The van der Waals surface area contributed by atoms with Crippen LogP contribution in [0.3, 0.4) is 0 Å². The molecule has 1 atom stereocenters. The van der Waals surface area contributed by atoms with Crippen LogP contribution in [0, 0.1) is 0 Å². The Morgan fingerprint density at radius 3 is 2.64 bits per heavy atom. The predicted octanol–water partition coefficient (Wildman–Crippen LogP) is 2.07. The van der Waals surface area contributed by atoms with Crippen LogP contribution in [0.25, 0.3) is 0 Å². The van der Waals surface area contributed by atoms with Crippen molar-refractivity contribution in [1.82, 2.24) is 0 Å². The van der Waals surface area contributed by atoms with E-state index in [1.54, 1.807) is 13.0 Å². The van der Waals surface area contributed by atoms with E-state index in [9.17, 15) is 5.11 Å². The molecule has 0 bridgehead atoms. The summed E-state index contributed by atoms with van der Waals surface area (Å²) in [7, 11) is 0. The van der Waals surface area contributed by atoms with Gasteiger partial charge in [-0.1, -0.05) is 30.7 Å². The van der Waals surface area contributed by atoms with Crippen molar-refractivity contribution in [1.29, 1.82) is 0 Å². The molecule has 1 aromatic carbocycles. The van der Waals surface area contributed by atoms with Gasteiger partial charge in [0.1, 0.15) is 0 Å². The second kappa shape index (κ2) is 4.30. The molecule has 0 aromatic heterocycles. The van der Waals surface area contributed by atoms with E-state index in [-0.39, 0.29) is 6.61 Å². The van der Waals surface area contributed by atoms with Gasteiger partial charge >= 0.3 is 0 Å². The molecule has 0 saturated heterocycles. The SMILES string of the molecule is CCc1cccc(Cl)c1C(C)(N)CO. The number of hydrogen-bond donors (Lipinski definition) is 2. The maximum Gasteiger partial charge on any atom is 0.0651 e. The number of rotatable bonds is 3. The summed E-state index contributed by atoms with van der Waals surface area (Å²) in [5.74, 6) is 0. The first-order valence-corrected chi connectivity index (χ1v) is 5.08. The highest BCUT2D eigenvalue weighted by Gasteiger charge is 2.25. The molecule has 0 aliphatic carbocycles. The summed E-state index contributed by atoms with van der Waals surface area (Å²) in [6.07, 6.45) is 0.864. The van der Waals surface area contributed by atoms with E-state index < -0.39 is 5.54 Å². The normalized spacial score (nSPS) is 15.2. The molecule has 0 fully saturated rings. The summed E-state index contributed by atoms with van der Waals surface area (Å²) in [6, 6.07) is 5.69. The van der Waals surface area contributed by atoms with Crippen molar-refractivity contribution in [2.24, 2.45) is 5.73 Å². The molecule has 0 heterocycles. The van der Waals surface area contributed by atoms with Gasteiger partial charge in [0.05, 0.1) is 12.1 Å². The number of halogens is 1. The smallest absolute Gasteiger partial charge is 0.0651 e. The molecule has 78 valence electrons. The maximum absolute atomic E-state index is 9.21. The lowest BCUT2D eigenvalue weighted by Crippen LogP contribution is -2.38. The van der Waals surface area contributed by atoms with Crippen molar-refractivity contribution in [2.45, 2.75) is 25.8 Å². The molecule has 0 saturated carbocycles. The third-order valence-electron chi connectivity index (χ3n) is 2.38. The molecule has 14 heavy (non-hydrogen) atoms. The van der Waals surface area contributed by atoms with Gasteiger partial charge < -0.3 is 10.8 Å². The summed E-state index contributed by atoms with van der Waals surface area (Å²) < 4.78 is 0. The standard InChI is InChI=1S/C11H16ClNO/c1-3-8-5-4-6-9(12)10(8)11(2,13)7-14/h4-6,14H,3,7,13H2,1-2H3. The Bertz CT molecular complexity index is 323. The molecule has 0 aliphatic heterocycles. The number of nitrogens with two attached hydrogens (primary N) is 1. The van der Waals surface area contributed by atoms with Crippen molar-refractivity contribution in [3.05, 3.63) is 34.3 Å². The monoisotopic (exact) mass is 213 g/mol. The van der Waals surface area contributed by atoms with Crippen molar-refractivity contribution in [3.63, 3.8) is 0 Å². The summed E-state index contributed by atoms with van der Waals surface area (Å²) in [5, 5.41) is 9.84. The molecule has 0 spiro atoms. The molecular formula is C11H16ClNO. The van der Waals surface area contributed by atoms with Gasteiger partial charge in [0.2, 0.25) is 0 Å². The molecule has 1 rings (SSSR count). The van der Waals surface area contributed by atoms with Gasteiger partial charge in [0, 0.05) is 5.02 Å². The van der Waals surface area contributed by atoms with Gasteiger partial charge in [-0.3, -0.25) is 0 Å². The van der Waals surface area contributed by atoms with E-state index in [4.69, 9.17) is 17.3 Å². The van der Waals surface area contributed by atoms with E-state index in [1.165, 1.54) is 0 Å². The van der Waals surface area contributed by atoms with Crippen LogP contribution in [0.1, 0.15) is 25.0 Å². The predicted molar refractivity (Wildman–Crippen MR) is 59.5 cm³/mol. The highest BCUT2D eigenvalue weighted by molar-refractivity contribution is 6.31. The van der Waals surface area contributed by atoms with E-state index in [0.717, 1.165) is 17.5 Å². The zero-order valence-corrected chi connectivity index (χ0v) is 9.30. The molecule has 1 unspecified atom stereocenters. The summed E-state index contributed by atoms with van der Waals surface area (Å²) in [4.78, 5) is 0. The minimum atomic E-state index is -0.760. The van der Waals surface area contributed by atoms with E-state index >= 15 is 0 Å². The fourth-order valence-electron chi connectivity index (χ4n) is 1.58. The van der Waals surface area contributed by atoms with Gasteiger partial charge in [-0.25, -0.2) is 0 Å². The van der Waals surface area contributed by atoms with Crippen LogP contribution in [0.4, 0.5) is 0 Å². The molecule has 0 aliphatic rings. The number of benzene rings is 1. The fraction of sp³-hybridized carbons (Fsp3) is 0.455. The zero-order valence-electron chi connectivity index (χ0n) is 8.55. The second-order valence-corrected chi connectivity index (χ2v) is 4.11. The summed E-state index contributed by atoms with van der Waals surface area (Å²) in [5.41, 5.74) is 7.17. The fourth-order valence-corrected chi connectivity index (χ4v) is 1.99. The molecule has 1 aromatic rings. The van der Waals surface area contributed by atoms with Crippen molar-refractivity contribution < 1.29 is 5.11 Å². The lowest BCUT2D eigenvalue weighted by molar-refractivity contribution is 0.209. The van der Waals surface area contributed by atoms with Gasteiger partial charge in [0.15, 0.2) is 0 Å². The van der Waals surface area contributed by atoms with Crippen molar-refractivity contribution in [2.75, 3.05) is 6.61 Å². The Hall–Kier alpha value is -0.570. The van der Waals surface area contributed by atoms with Crippen molar-refractivity contribution >= 4 is 11.6 Å². The Balaban J connectivity index is 3.30. The summed E-state index contributed by atoms with van der Waals surface area (Å²) in [6.45, 7) is 3.72. The first-order valence-electron chi connectivity index (χ1n) is 4.70.